The summed E-state index contributed by atoms with van der Waals surface area (Å²) in [6.45, 7) is 3.09. The molecule has 5 heteroatoms. The molecule has 1 aromatic rings. The fourth-order valence-corrected chi connectivity index (χ4v) is 1.38. The van der Waals surface area contributed by atoms with E-state index in [9.17, 15) is 14.9 Å². The molecule has 0 fully saturated rings. The van der Waals surface area contributed by atoms with Crippen molar-refractivity contribution in [3.63, 3.8) is 0 Å². The van der Waals surface area contributed by atoms with Crippen molar-refractivity contribution in [2.75, 3.05) is 0 Å². The first-order valence-electron chi connectivity index (χ1n) is 3.92. The number of aryl methyl sites for hydroxylation is 2. The maximum atomic E-state index is 10.8. The number of non-ortho nitro benzene ring substituents is 1. The number of benzene rings is 1. The topological polar surface area (TPSA) is 80.4 Å². The van der Waals surface area contributed by atoms with Crippen LogP contribution in [-0.2, 0) is 0 Å². The molecule has 0 atom stereocenters. The number of carbonyl (C=O) groups is 1. The molecule has 1 N–H and O–H groups in total. The molecule has 0 radical (unpaired) electrons. The number of carboxylic acids is 1. The monoisotopic (exact) mass is 195 g/mol. The van der Waals surface area contributed by atoms with Crippen molar-refractivity contribution >= 4 is 11.7 Å². The van der Waals surface area contributed by atoms with Gasteiger partial charge in [-0.1, -0.05) is 0 Å². The van der Waals surface area contributed by atoms with E-state index in [1.165, 1.54) is 12.1 Å². The summed E-state index contributed by atoms with van der Waals surface area (Å²) >= 11 is 0. The minimum atomic E-state index is -1.06. The van der Waals surface area contributed by atoms with Crippen molar-refractivity contribution in [1.82, 2.24) is 0 Å². The van der Waals surface area contributed by atoms with Gasteiger partial charge >= 0.3 is 5.97 Å². The molecule has 0 bridgehead atoms. The van der Waals surface area contributed by atoms with Gasteiger partial charge in [0.05, 0.1) is 10.5 Å². The summed E-state index contributed by atoms with van der Waals surface area (Å²) < 4.78 is 0. The molecule has 5 nitrogen and oxygen atoms in total. The third-order valence-corrected chi connectivity index (χ3v) is 1.94. The summed E-state index contributed by atoms with van der Waals surface area (Å²) in [5, 5.41) is 19.3. The maximum Gasteiger partial charge on any atom is 0.336 e. The molecule has 0 unspecified atom stereocenters. The Morgan fingerprint density at radius 1 is 1.36 bits per heavy atom. The van der Waals surface area contributed by atoms with Crippen molar-refractivity contribution in [3.8, 4) is 0 Å². The molecule has 0 spiro atoms. The van der Waals surface area contributed by atoms with E-state index >= 15 is 0 Å². The van der Waals surface area contributed by atoms with Crippen LogP contribution < -0.4 is 0 Å². The van der Waals surface area contributed by atoms with E-state index in [1.54, 1.807) is 13.8 Å². The van der Waals surface area contributed by atoms with Crippen LogP contribution in [0.4, 0.5) is 5.69 Å². The van der Waals surface area contributed by atoms with Gasteiger partial charge in [0.1, 0.15) is 0 Å². The molecular weight excluding hydrogens is 186 g/mol. The van der Waals surface area contributed by atoms with Gasteiger partial charge in [0, 0.05) is 12.1 Å². The van der Waals surface area contributed by atoms with Crippen molar-refractivity contribution in [2.24, 2.45) is 0 Å². The quantitative estimate of drug-likeness (QED) is 0.577. The number of hydrogen-bond acceptors (Lipinski definition) is 3. The molecule has 74 valence electrons. The molecule has 1 aromatic carbocycles. The van der Waals surface area contributed by atoms with Crippen LogP contribution in [0.5, 0.6) is 0 Å². The van der Waals surface area contributed by atoms with Gasteiger partial charge in [0.2, 0.25) is 0 Å². The first-order chi connectivity index (χ1) is 6.43. The van der Waals surface area contributed by atoms with Crippen LogP contribution in [0.15, 0.2) is 12.1 Å². The van der Waals surface area contributed by atoms with Gasteiger partial charge in [0.15, 0.2) is 0 Å². The Morgan fingerprint density at radius 2 is 1.79 bits per heavy atom. The SMILES string of the molecule is Cc1cc([N+](=O)[O-])cc(C)c1C(=O)O. The summed E-state index contributed by atoms with van der Waals surface area (Å²) in [5.41, 5.74) is 0.869. The number of nitro groups is 1. The molecule has 14 heavy (non-hydrogen) atoms. The van der Waals surface area contributed by atoms with Crippen LogP contribution in [0.2, 0.25) is 0 Å². The summed E-state index contributed by atoms with van der Waals surface area (Å²) in [7, 11) is 0. The van der Waals surface area contributed by atoms with Crippen LogP contribution in [0.25, 0.3) is 0 Å². The van der Waals surface area contributed by atoms with Gasteiger partial charge in [-0.3, -0.25) is 10.1 Å². The molecule has 0 saturated heterocycles. The number of nitro benzene ring substituents is 1. The maximum absolute atomic E-state index is 10.8. The number of rotatable bonds is 2. The molecule has 0 saturated carbocycles. The van der Waals surface area contributed by atoms with E-state index in [0.29, 0.717) is 11.1 Å². The fraction of sp³-hybridized carbons (Fsp3) is 0.222. The average Bonchev–Trinajstić information content (AvgIpc) is 2.01. The lowest BCUT2D eigenvalue weighted by Gasteiger charge is -2.04. The van der Waals surface area contributed by atoms with E-state index in [2.05, 4.69) is 0 Å². The predicted octanol–water partition coefficient (Wildman–Crippen LogP) is 1.91. The second-order valence-electron chi connectivity index (χ2n) is 3.02. The van der Waals surface area contributed by atoms with Crippen LogP contribution in [0.3, 0.4) is 0 Å². The number of carboxylic acid groups (broad SMARTS) is 1. The zero-order valence-corrected chi connectivity index (χ0v) is 7.77. The second-order valence-corrected chi connectivity index (χ2v) is 3.02. The smallest absolute Gasteiger partial charge is 0.336 e. The Labute approximate surface area is 80.1 Å². The van der Waals surface area contributed by atoms with Crippen LogP contribution in [0, 0.1) is 24.0 Å². The lowest BCUT2D eigenvalue weighted by Crippen LogP contribution is -2.04. The Balaban J connectivity index is 3.39. The third-order valence-electron chi connectivity index (χ3n) is 1.94. The minimum Gasteiger partial charge on any atom is -0.478 e. The Kier molecular flexibility index (Phi) is 2.51. The summed E-state index contributed by atoms with van der Waals surface area (Å²) in [6, 6.07) is 2.52. The largest absolute Gasteiger partial charge is 0.478 e. The number of hydrogen-bond donors (Lipinski definition) is 1. The molecule has 1 rings (SSSR count). The highest BCUT2D eigenvalue weighted by atomic mass is 16.6. The second kappa shape index (κ2) is 3.45. The summed E-state index contributed by atoms with van der Waals surface area (Å²) in [6.07, 6.45) is 0. The fourth-order valence-electron chi connectivity index (χ4n) is 1.38. The minimum absolute atomic E-state index is 0.0787. The average molecular weight is 195 g/mol. The lowest BCUT2D eigenvalue weighted by atomic mass is 10.0. The van der Waals surface area contributed by atoms with Crippen LogP contribution in [-0.4, -0.2) is 16.0 Å². The van der Waals surface area contributed by atoms with Crippen molar-refractivity contribution in [3.05, 3.63) is 38.9 Å². The summed E-state index contributed by atoms with van der Waals surface area (Å²) in [5.74, 6) is -1.06. The van der Waals surface area contributed by atoms with E-state index in [-0.39, 0.29) is 11.3 Å². The molecule has 0 aromatic heterocycles. The standard InChI is InChI=1S/C9H9NO4/c1-5-3-7(10(13)14)4-6(2)8(5)9(11)12/h3-4H,1-2H3,(H,11,12). The number of aromatic carboxylic acids is 1. The van der Waals surface area contributed by atoms with Crippen molar-refractivity contribution < 1.29 is 14.8 Å². The highest BCUT2D eigenvalue weighted by Gasteiger charge is 2.15. The van der Waals surface area contributed by atoms with E-state index < -0.39 is 10.9 Å². The first kappa shape index (κ1) is 10.2. The molecule has 0 amide bonds. The van der Waals surface area contributed by atoms with Gasteiger partial charge in [-0.15, -0.1) is 0 Å². The predicted molar refractivity (Wildman–Crippen MR) is 49.5 cm³/mol. The highest BCUT2D eigenvalue weighted by molar-refractivity contribution is 5.91. The molecule has 0 heterocycles. The highest BCUT2D eigenvalue weighted by Crippen LogP contribution is 2.21. The van der Waals surface area contributed by atoms with Gasteiger partial charge in [0.25, 0.3) is 5.69 Å². The van der Waals surface area contributed by atoms with Crippen molar-refractivity contribution in [1.29, 1.82) is 0 Å². The van der Waals surface area contributed by atoms with E-state index in [0.717, 1.165) is 0 Å². The van der Waals surface area contributed by atoms with Crippen LogP contribution in [0.1, 0.15) is 21.5 Å². The summed E-state index contributed by atoms with van der Waals surface area (Å²) in [4.78, 5) is 20.7. The molecule has 0 aliphatic heterocycles. The zero-order chi connectivity index (χ0) is 10.9. The Hall–Kier alpha value is -1.91. The third kappa shape index (κ3) is 1.71. The Morgan fingerprint density at radius 3 is 2.07 bits per heavy atom. The molecule has 0 aliphatic carbocycles. The lowest BCUT2D eigenvalue weighted by molar-refractivity contribution is -0.384. The van der Waals surface area contributed by atoms with Crippen LogP contribution >= 0.6 is 0 Å². The van der Waals surface area contributed by atoms with E-state index in [1.807, 2.05) is 0 Å². The van der Waals surface area contributed by atoms with Gasteiger partial charge < -0.3 is 5.11 Å². The first-order valence-corrected chi connectivity index (χ1v) is 3.92. The van der Waals surface area contributed by atoms with Gasteiger partial charge in [-0.25, -0.2) is 4.79 Å². The van der Waals surface area contributed by atoms with Gasteiger partial charge in [-0.05, 0) is 25.0 Å². The normalized spacial score (nSPS) is 9.86. The molecule has 0 aliphatic rings. The number of nitrogens with zero attached hydrogens (tertiary/aromatic N) is 1. The van der Waals surface area contributed by atoms with Crippen molar-refractivity contribution in [2.45, 2.75) is 13.8 Å². The Bertz CT molecular complexity index is 388. The van der Waals surface area contributed by atoms with Gasteiger partial charge in [-0.2, -0.15) is 0 Å². The van der Waals surface area contributed by atoms with E-state index in [4.69, 9.17) is 5.11 Å². The molecular formula is C9H9NO4. The zero-order valence-electron chi connectivity index (χ0n) is 7.77.